The summed E-state index contributed by atoms with van der Waals surface area (Å²) >= 11 is 0. The van der Waals surface area contributed by atoms with Gasteiger partial charge >= 0.3 is 0 Å². The second-order valence-electron chi connectivity index (χ2n) is 4.88. The zero-order valence-electron chi connectivity index (χ0n) is 11.9. The first kappa shape index (κ1) is 15.7. The van der Waals surface area contributed by atoms with Crippen molar-refractivity contribution in [3.63, 3.8) is 0 Å². The van der Waals surface area contributed by atoms with Crippen LogP contribution in [0, 0.1) is 11.3 Å². The molecule has 0 unspecified atom stereocenters. The van der Waals surface area contributed by atoms with Crippen LogP contribution in [0.3, 0.4) is 0 Å². The molecule has 0 bridgehead atoms. The lowest BCUT2D eigenvalue weighted by Crippen LogP contribution is -2.13. The van der Waals surface area contributed by atoms with Gasteiger partial charge in [-0.1, -0.05) is 24.3 Å². The van der Waals surface area contributed by atoms with Crippen LogP contribution < -0.4 is 5.32 Å². The summed E-state index contributed by atoms with van der Waals surface area (Å²) in [5.74, 6) is -0.416. The Kier molecular flexibility index (Phi) is 4.59. The lowest BCUT2D eigenvalue weighted by atomic mass is 10.1. The highest BCUT2D eigenvalue weighted by molar-refractivity contribution is 7.89. The Labute approximate surface area is 129 Å². The summed E-state index contributed by atoms with van der Waals surface area (Å²) in [6.07, 6.45) is 1.16. The van der Waals surface area contributed by atoms with Gasteiger partial charge in [0.15, 0.2) is 9.84 Å². The van der Waals surface area contributed by atoms with Gasteiger partial charge in [0, 0.05) is 11.8 Å². The van der Waals surface area contributed by atoms with Crippen molar-refractivity contribution in [2.75, 3.05) is 11.6 Å². The molecule has 0 heterocycles. The predicted molar refractivity (Wildman–Crippen MR) is 84.1 cm³/mol. The van der Waals surface area contributed by atoms with Gasteiger partial charge in [-0.05, 0) is 29.8 Å². The van der Waals surface area contributed by atoms with E-state index >= 15 is 0 Å². The molecule has 0 aliphatic rings. The number of rotatable bonds is 4. The topological polar surface area (TPSA) is 87.0 Å². The quantitative estimate of drug-likeness (QED) is 0.938. The molecule has 112 valence electrons. The Morgan fingerprint density at radius 2 is 1.77 bits per heavy atom. The van der Waals surface area contributed by atoms with Crippen molar-refractivity contribution in [1.82, 2.24) is 0 Å². The first-order chi connectivity index (χ1) is 10.4. The number of nitrogens with zero attached hydrogens (tertiary/aromatic N) is 1. The van der Waals surface area contributed by atoms with Crippen LogP contribution in [0.2, 0.25) is 0 Å². The molecular formula is C16H14N2O3S. The number of amides is 1. The van der Waals surface area contributed by atoms with Crippen LogP contribution >= 0.6 is 0 Å². The Hall–Kier alpha value is -2.65. The molecule has 0 aromatic heterocycles. The van der Waals surface area contributed by atoms with Crippen LogP contribution in [-0.2, 0) is 15.6 Å². The van der Waals surface area contributed by atoms with Crippen molar-refractivity contribution in [2.45, 2.75) is 5.75 Å². The van der Waals surface area contributed by atoms with Crippen molar-refractivity contribution in [2.24, 2.45) is 0 Å². The molecule has 2 rings (SSSR count). The standard InChI is InChI=1S/C16H14N2O3S/c1-22(20,21)11-12-6-8-13(9-7-12)16(19)18-15-5-3-2-4-14(15)10-17/h2-9H,11H2,1H3,(H,18,19). The molecule has 2 aromatic rings. The Morgan fingerprint density at radius 1 is 1.14 bits per heavy atom. The number of hydrogen-bond acceptors (Lipinski definition) is 4. The second-order valence-corrected chi connectivity index (χ2v) is 7.02. The molecule has 0 aliphatic heterocycles. The van der Waals surface area contributed by atoms with E-state index in [2.05, 4.69) is 5.32 Å². The van der Waals surface area contributed by atoms with E-state index in [-0.39, 0.29) is 11.7 Å². The fourth-order valence-corrected chi connectivity index (χ4v) is 2.74. The second kappa shape index (κ2) is 6.41. The number of sulfone groups is 1. The van der Waals surface area contributed by atoms with Crippen LogP contribution in [0.25, 0.3) is 0 Å². The van der Waals surface area contributed by atoms with Crippen LogP contribution in [0.5, 0.6) is 0 Å². The largest absolute Gasteiger partial charge is 0.321 e. The lowest BCUT2D eigenvalue weighted by Gasteiger charge is -2.07. The molecule has 0 spiro atoms. The summed E-state index contributed by atoms with van der Waals surface area (Å²) in [5, 5.41) is 11.7. The summed E-state index contributed by atoms with van der Waals surface area (Å²) in [6, 6.07) is 15.0. The van der Waals surface area contributed by atoms with Crippen molar-refractivity contribution in [3.05, 3.63) is 65.2 Å². The average Bonchev–Trinajstić information content (AvgIpc) is 2.47. The highest BCUT2D eigenvalue weighted by atomic mass is 32.2. The number of hydrogen-bond donors (Lipinski definition) is 1. The van der Waals surface area contributed by atoms with E-state index in [9.17, 15) is 13.2 Å². The molecule has 0 aliphatic carbocycles. The van der Waals surface area contributed by atoms with Crippen LogP contribution in [0.4, 0.5) is 5.69 Å². The highest BCUT2D eigenvalue weighted by Gasteiger charge is 2.10. The zero-order chi connectivity index (χ0) is 16.2. The number of nitriles is 1. The fraction of sp³-hybridized carbons (Fsp3) is 0.125. The number of carbonyl (C=O) groups is 1. The minimum atomic E-state index is -3.10. The van der Waals surface area contributed by atoms with Crippen LogP contribution in [-0.4, -0.2) is 20.6 Å². The third-order valence-electron chi connectivity index (χ3n) is 2.94. The maximum absolute atomic E-state index is 12.1. The molecule has 1 N–H and O–H groups in total. The van der Waals surface area contributed by atoms with E-state index in [4.69, 9.17) is 5.26 Å². The van der Waals surface area contributed by atoms with E-state index in [1.54, 1.807) is 48.5 Å². The van der Waals surface area contributed by atoms with Gasteiger partial charge < -0.3 is 5.32 Å². The number of nitrogens with one attached hydrogen (secondary N) is 1. The summed E-state index contributed by atoms with van der Waals surface area (Å²) in [4.78, 5) is 12.1. The number of anilines is 1. The minimum absolute atomic E-state index is 0.0633. The minimum Gasteiger partial charge on any atom is -0.321 e. The molecule has 2 aromatic carbocycles. The summed E-state index contributed by atoms with van der Waals surface area (Å²) in [7, 11) is -3.10. The van der Waals surface area contributed by atoms with Crippen LogP contribution in [0.15, 0.2) is 48.5 Å². The predicted octanol–water partition coefficient (Wildman–Crippen LogP) is 2.36. The molecule has 0 fully saturated rings. The van der Waals surface area contributed by atoms with Gasteiger partial charge in [-0.25, -0.2) is 8.42 Å². The first-order valence-electron chi connectivity index (χ1n) is 6.46. The summed E-state index contributed by atoms with van der Waals surface area (Å²) in [6.45, 7) is 0. The zero-order valence-corrected chi connectivity index (χ0v) is 12.7. The first-order valence-corrected chi connectivity index (χ1v) is 8.52. The molecule has 1 amide bonds. The highest BCUT2D eigenvalue weighted by Crippen LogP contribution is 2.15. The molecule has 5 nitrogen and oxygen atoms in total. The molecule has 6 heteroatoms. The number of carbonyl (C=O) groups excluding carboxylic acids is 1. The van der Waals surface area contributed by atoms with E-state index in [1.165, 1.54) is 0 Å². The number of para-hydroxylation sites is 1. The van der Waals surface area contributed by atoms with Gasteiger partial charge in [-0.15, -0.1) is 0 Å². The maximum Gasteiger partial charge on any atom is 0.255 e. The van der Waals surface area contributed by atoms with E-state index in [1.807, 2.05) is 6.07 Å². The van der Waals surface area contributed by atoms with Gasteiger partial charge in [0.25, 0.3) is 5.91 Å². The third kappa shape index (κ3) is 4.17. The molecule has 22 heavy (non-hydrogen) atoms. The van der Waals surface area contributed by atoms with Crippen molar-refractivity contribution < 1.29 is 13.2 Å². The average molecular weight is 314 g/mol. The third-order valence-corrected chi connectivity index (χ3v) is 3.80. The smallest absolute Gasteiger partial charge is 0.255 e. The summed E-state index contributed by atoms with van der Waals surface area (Å²) in [5.41, 5.74) is 1.83. The van der Waals surface area contributed by atoms with E-state index in [0.29, 0.717) is 22.4 Å². The van der Waals surface area contributed by atoms with Gasteiger partial charge in [0.05, 0.1) is 17.0 Å². The van der Waals surface area contributed by atoms with Gasteiger partial charge in [0.1, 0.15) is 6.07 Å². The van der Waals surface area contributed by atoms with Gasteiger partial charge in [-0.2, -0.15) is 5.26 Å². The van der Waals surface area contributed by atoms with Crippen molar-refractivity contribution in [1.29, 1.82) is 5.26 Å². The molecule has 0 atom stereocenters. The summed E-state index contributed by atoms with van der Waals surface area (Å²) < 4.78 is 22.4. The lowest BCUT2D eigenvalue weighted by molar-refractivity contribution is 0.102. The molecule has 0 saturated carbocycles. The SMILES string of the molecule is CS(=O)(=O)Cc1ccc(C(=O)Nc2ccccc2C#N)cc1. The van der Waals surface area contributed by atoms with Gasteiger partial charge in [0.2, 0.25) is 0 Å². The van der Waals surface area contributed by atoms with Crippen molar-refractivity contribution >= 4 is 21.4 Å². The Bertz CT molecular complexity index is 834. The molecule has 0 radical (unpaired) electrons. The molecule has 0 saturated heterocycles. The maximum atomic E-state index is 12.1. The number of benzene rings is 2. The fourth-order valence-electron chi connectivity index (χ4n) is 1.94. The Balaban J connectivity index is 2.15. The van der Waals surface area contributed by atoms with Crippen LogP contribution in [0.1, 0.15) is 21.5 Å². The van der Waals surface area contributed by atoms with Crippen molar-refractivity contribution in [3.8, 4) is 6.07 Å². The monoisotopic (exact) mass is 314 g/mol. The van der Waals surface area contributed by atoms with E-state index < -0.39 is 9.84 Å². The molecular weight excluding hydrogens is 300 g/mol. The van der Waals surface area contributed by atoms with Gasteiger partial charge in [-0.3, -0.25) is 4.79 Å². The Morgan fingerprint density at radius 3 is 2.36 bits per heavy atom. The normalized spacial score (nSPS) is 10.7. The van der Waals surface area contributed by atoms with E-state index in [0.717, 1.165) is 6.26 Å².